The summed E-state index contributed by atoms with van der Waals surface area (Å²) in [6, 6.07) is 7.73. The largest absolute Gasteiger partial charge is 0.389 e. The van der Waals surface area contributed by atoms with E-state index in [0.29, 0.717) is 38.0 Å². The summed E-state index contributed by atoms with van der Waals surface area (Å²) in [4.78, 5) is 0.403. The molecule has 0 spiro atoms. The standard InChI is InChI=1S/C13H19NO3S/c1-15-5-6-16-7-8-17-10-11-3-2-4-12(9-11)13(14)18/h2-4,9H,5-8,10H2,1H3,(H2,14,18). The van der Waals surface area contributed by atoms with Crippen molar-refractivity contribution < 1.29 is 14.2 Å². The van der Waals surface area contributed by atoms with Gasteiger partial charge in [0.05, 0.1) is 33.0 Å². The van der Waals surface area contributed by atoms with Crippen LogP contribution in [0.1, 0.15) is 11.1 Å². The van der Waals surface area contributed by atoms with Crippen LogP contribution in [0.3, 0.4) is 0 Å². The van der Waals surface area contributed by atoms with E-state index in [1.807, 2.05) is 24.3 Å². The minimum Gasteiger partial charge on any atom is -0.389 e. The first kappa shape index (κ1) is 15.0. The molecule has 0 bridgehead atoms. The highest BCUT2D eigenvalue weighted by Crippen LogP contribution is 2.06. The van der Waals surface area contributed by atoms with Gasteiger partial charge >= 0.3 is 0 Å². The molecule has 1 rings (SSSR count). The lowest BCUT2D eigenvalue weighted by atomic mass is 10.1. The molecule has 1 aromatic rings. The molecule has 0 amide bonds. The molecule has 0 saturated carbocycles. The lowest BCUT2D eigenvalue weighted by molar-refractivity contribution is 0.0199. The fourth-order valence-electron chi connectivity index (χ4n) is 1.37. The van der Waals surface area contributed by atoms with Crippen molar-refractivity contribution in [3.05, 3.63) is 35.4 Å². The summed E-state index contributed by atoms with van der Waals surface area (Å²) in [6.07, 6.45) is 0. The highest BCUT2D eigenvalue weighted by molar-refractivity contribution is 7.80. The fraction of sp³-hybridized carbons (Fsp3) is 0.462. The number of hydrogen-bond acceptors (Lipinski definition) is 4. The quantitative estimate of drug-likeness (QED) is 0.544. The van der Waals surface area contributed by atoms with Crippen LogP contribution in [0, 0.1) is 0 Å². The number of methoxy groups -OCH3 is 1. The van der Waals surface area contributed by atoms with E-state index in [9.17, 15) is 0 Å². The van der Waals surface area contributed by atoms with E-state index in [2.05, 4.69) is 0 Å². The van der Waals surface area contributed by atoms with E-state index in [1.54, 1.807) is 7.11 Å². The Morgan fingerprint density at radius 3 is 2.61 bits per heavy atom. The number of hydrogen-bond donors (Lipinski definition) is 1. The van der Waals surface area contributed by atoms with Gasteiger partial charge in [-0.3, -0.25) is 0 Å². The van der Waals surface area contributed by atoms with E-state index in [1.165, 1.54) is 0 Å². The molecule has 0 saturated heterocycles. The molecule has 100 valence electrons. The van der Waals surface area contributed by atoms with Crippen LogP contribution >= 0.6 is 12.2 Å². The Labute approximate surface area is 113 Å². The summed E-state index contributed by atoms with van der Waals surface area (Å²) >= 11 is 4.92. The summed E-state index contributed by atoms with van der Waals surface area (Å²) < 4.78 is 15.6. The third kappa shape index (κ3) is 6.07. The van der Waals surface area contributed by atoms with Crippen LogP contribution in [0.25, 0.3) is 0 Å². The van der Waals surface area contributed by atoms with Crippen LogP contribution in [0.2, 0.25) is 0 Å². The van der Waals surface area contributed by atoms with Gasteiger partial charge in [0.25, 0.3) is 0 Å². The van der Waals surface area contributed by atoms with Crippen molar-refractivity contribution in [3.63, 3.8) is 0 Å². The molecule has 0 aliphatic carbocycles. The summed E-state index contributed by atoms with van der Waals surface area (Å²) in [6.45, 7) is 2.86. The monoisotopic (exact) mass is 269 g/mol. The third-order valence-electron chi connectivity index (χ3n) is 2.28. The molecule has 0 heterocycles. The average molecular weight is 269 g/mol. The minimum absolute atomic E-state index is 0.403. The first-order chi connectivity index (χ1) is 8.74. The number of ether oxygens (including phenoxy) is 3. The molecule has 1 aromatic carbocycles. The Hall–Kier alpha value is -1.01. The maximum absolute atomic E-state index is 5.56. The molecule has 4 nitrogen and oxygen atoms in total. The van der Waals surface area contributed by atoms with Crippen molar-refractivity contribution in [1.82, 2.24) is 0 Å². The molecule has 0 fully saturated rings. The molecule has 18 heavy (non-hydrogen) atoms. The lowest BCUT2D eigenvalue weighted by Crippen LogP contribution is -2.10. The van der Waals surface area contributed by atoms with Crippen molar-refractivity contribution in [2.24, 2.45) is 5.73 Å². The molecule has 0 aliphatic rings. The van der Waals surface area contributed by atoms with Gasteiger partial charge in [0, 0.05) is 12.7 Å². The van der Waals surface area contributed by atoms with Crippen molar-refractivity contribution in [1.29, 1.82) is 0 Å². The number of benzene rings is 1. The molecular formula is C13H19NO3S. The van der Waals surface area contributed by atoms with Crippen molar-refractivity contribution in [3.8, 4) is 0 Å². The maximum atomic E-state index is 5.56. The van der Waals surface area contributed by atoms with Crippen LogP contribution < -0.4 is 5.73 Å². The van der Waals surface area contributed by atoms with Crippen molar-refractivity contribution in [2.45, 2.75) is 6.61 Å². The first-order valence-corrected chi connectivity index (χ1v) is 6.18. The van der Waals surface area contributed by atoms with E-state index in [0.717, 1.165) is 11.1 Å². The molecule has 0 aliphatic heterocycles. The fourth-order valence-corrected chi connectivity index (χ4v) is 1.49. The number of thiocarbonyl (C=S) groups is 1. The number of rotatable bonds is 9. The Balaban J connectivity index is 2.19. The summed E-state index contributed by atoms with van der Waals surface area (Å²) in [5, 5.41) is 0. The highest BCUT2D eigenvalue weighted by atomic mass is 32.1. The first-order valence-electron chi connectivity index (χ1n) is 5.77. The zero-order valence-corrected chi connectivity index (χ0v) is 11.4. The molecule has 0 atom stereocenters. The zero-order chi connectivity index (χ0) is 13.2. The third-order valence-corrected chi connectivity index (χ3v) is 2.52. The second kappa shape index (κ2) is 8.99. The van der Waals surface area contributed by atoms with Gasteiger partial charge in [-0.25, -0.2) is 0 Å². The van der Waals surface area contributed by atoms with Gasteiger partial charge in [-0.15, -0.1) is 0 Å². The van der Waals surface area contributed by atoms with Crippen LogP contribution in [0.15, 0.2) is 24.3 Å². The van der Waals surface area contributed by atoms with Gasteiger partial charge in [0.15, 0.2) is 0 Å². The molecule has 0 aromatic heterocycles. The second-order valence-corrected chi connectivity index (χ2v) is 4.16. The van der Waals surface area contributed by atoms with E-state index in [-0.39, 0.29) is 0 Å². The Morgan fingerprint density at radius 2 is 1.89 bits per heavy atom. The number of nitrogens with two attached hydrogens (primary N) is 1. The normalized spacial score (nSPS) is 10.5. The molecule has 5 heteroatoms. The zero-order valence-electron chi connectivity index (χ0n) is 10.6. The minimum atomic E-state index is 0.403. The van der Waals surface area contributed by atoms with Gasteiger partial charge in [-0.1, -0.05) is 30.4 Å². The average Bonchev–Trinajstić information content (AvgIpc) is 2.38. The lowest BCUT2D eigenvalue weighted by Gasteiger charge is -2.06. The molecule has 0 radical (unpaired) electrons. The van der Waals surface area contributed by atoms with Gasteiger partial charge in [-0.05, 0) is 11.6 Å². The van der Waals surface area contributed by atoms with E-state index < -0.39 is 0 Å². The van der Waals surface area contributed by atoms with Crippen LogP contribution in [0.5, 0.6) is 0 Å². The summed E-state index contributed by atoms with van der Waals surface area (Å²) in [7, 11) is 1.65. The van der Waals surface area contributed by atoms with Crippen molar-refractivity contribution >= 4 is 17.2 Å². The Morgan fingerprint density at radius 1 is 1.17 bits per heavy atom. The van der Waals surface area contributed by atoms with Gasteiger partial charge in [0.1, 0.15) is 4.99 Å². The Kier molecular flexibility index (Phi) is 7.52. The molecule has 0 unspecified atom stereocenters. The van der Waals surface area contributed by atoms with Crippen molar-refractivity contribution in [2.75, 3.05) is 33.5 Å². The SMILES string of the molecule is COCCOCCOCc1cccc(C(N)=S)c1. The predicted molar refractivity (Wildman–Crippen MR) is 74.7 cm³/mol. The summed E-state index contributed by atoms with van der Waals surface area (Å²) in [5.74, 6) is 0. The Bertz CT molecular complexity index is 371. The van der Waals surface area contributed by atoms with Crippen LogP contribution in [0.4, 0.5) is 0 Å². The smallest absolute Gasteiger partial charge is 0.103 e. The van der Waals surface area contributed by atoms with Gasteiger partial charge in [0.2, 0.25) is 0 Å². The second-order valence-electron chi connectivity index (χ2n) is 3.72. The molecular weight excluding hydrogens is 250 g/mol. The molecule has 2 N–H and O–H groups in total. The van der Waals surface area contributed by atoms with E-state index >= 15 is 0 Å². The topological polar surface area (TPSA) is 53.7 Å². The maximum Gasteiger partial charge on any atom is 0.103 e. The van der Waals surface area contributed by atoms with Gasteiger partial charge < -0.3 is 19.9 Å². The highest BCUT2D eigenvalue weighted by Gasteiger charge is 1.98. The van der Waals surface area contributed by atoms with E-state index in [4.69, 9.17) is 32.2 Å². The van der Waals surface area contributed by atoms with Crippen LogP contribution in [-0.4, -0.2) is 38.5 Å². The predicted octanol–water partition coefficient (Wildman–Crippen LogP) is 1.50. The van der Waals surface area contributed by atoms with Crippen LogP contribution in [-0.2, 0) is 20.8 Å². The van der Waals surface area contributed by atoms with Gasteiger partial charge in [-0.2, -0.15) is 0 Å². The summed E-state index contributed by atoms with van der Waals surface area (Å²) in [5.41, 5.74) is 7.48.